The third-order valence-electron chi connectivity index (χ3n) is 3.00. The lowest BCUT2D eigenvalue weighted by Gasteiger charge is -2.14. The topological polar surface area (TPSA) is 79.3 Å². The maximum atomic E-state index is 12.2. The average molecular weight is 304 g/mol. The van der Waals surface area contributed by atoms with Crippen LogP contribution in [0, 0.1) is 13.8 Å². The van der Waals surface area contributed by atoms with Gasteiger partial charge in [-0.25, -0.2) is 9.78 Å². The Morgan fingerprint density at radius 3 is 2.48 bits per heavy atom. The number of carboxylic acid groups (broad SMARTS) is 1. The highest BCUT2D eigenvalue weighted by Gasteiger charge is 2.23. The summed E-state index contributed by atoms with van der Waals surface area (Å²) in [6, 6.07) is 8.26. The molecule has 0 saturated carbocycles. The molecule has 2 rings (SSSR count). The van der Waals surface area contributed by atoms with Gasteiger partial charge in [0.05, 0.1) is 10.7 Å². The van der Waals surface area contributed by atoms with Crippen molar-refractivity contribution >= 4 is 23.2 Å². The highest BCUT2D eigenvalue weighted by Crippen LogP contribution is 2.17. The third kappa shape index (κ3) is 3.88. The maximum absolute atomic E-state index is 12.2. The predicted octanol–water partition coefficient (Wildman–Crippen LogP) is 2.19. The van der Waals surface area contributed by atoms with E-state index in [4.69, 9.17) is 0 Å². The first-order valence-corrected chi connectivity index (χ1v) is 7.30. The Kier molecular flexibility index (Phi) is 4.70. The smallest absolute Gasteiger partial charge is 0.326 e. The van der Waals surface area contributed by atoms with Crippen molar-refractivity contribution in [3.8, 4) is 0 Å². The van der Waals surface area contributed by atoms with Crippen molar-refractivity contribution in [3.05, 3.63) is 51.5 Å². The second-order valence-corrected chi connectivity index (χ2v) is 5.90. The van der Waals surface area contributed by atoms with Gasteiger partial charge in [0, 0.05) is 6.42 Å². The molecule has 1 aromatic heterocycles. The second kappa shape index (κ2) is 6.49. The van der Waals surface area contributed by atoms with Crippen molar-refractivity contribution in [1.82, 2.24) is 10.3 Å². The molecule has 0 fully saturated rings. The summed E-state index contributed by atoms with van der Waals surface area (Å²) in [6.45, 7) is 3.55. The predicted molar refractivity (Wildman–Crippen MR) is 80.6 cm³/mol. The van der Waals surface area contributed by atoms with E-state index in [0.29, 0.717) is 10.6 Å². The van der Waals surface area contributed by atoms with Gasteiger partial charge in [-0.05, 0) is 19.4 Å². The molecular weight excluding hydrogens is 288 g/mol. The fourth-order valence-corrected chi connectivity index (χ4v) is 2.84. The van der Waals surface area contributed by atoms with Gasteiger partial charge in [0.1, 0.15) is 10.9 Å². The number of aromatic nitrogens is 1. The number of thiazole rings is 1. The third-order valence-corrected chi connectivity index (χ3v) is 4.07. The molecule has 21 heavy (non-hydrogen) atoms. The molecule has 0 radical (unpaired) electrons. The van der Waals surface area contributed by atoms with Gasteiger partial charge in [-0.2, -0.15) is 0 Å². The standard InChI is InChI=1S/C15H16N2O3S/c1-9-13(21-10(2)16-9)14(18)17-12(15(19)20)8-11-6-4-3-5-7-11/h3-7,12H,8H2,1-2H3,(H,17,18)(H,19,20)/t12-/m0/s1. The van der Waals surface area contributed by atoms with E-state index in [1.54, 1.807) is 6.92 Å². The van der Waals surface area contributed by atoms with Gasteiger partial charge < -0.3 is 10.4 Å². The van der Waals surface area contributed by atoms with E-state index in [1.165, 1.54) is 11.3 Å². The number of carboxylic acids is 1. The first kappa shape index (κ1) is 15.2. The monoisotopic (exact) mass is 304 g/mol. The molecular formula is C15H16N2O3S. The Morgan fingerprint density at radius 2 is 1.95 bits per heavy atom. The minimum atomic E-state index is -1.05. The molecule has 1 atom stereocenters. The van der Waals surface area contributed by atoms with Crippen molar-refractivity contribution in [2.24, 2.45) is 0 Å². The molecule has 1 aromatic carbocycles. The van der Waals surface area contributed by atoms with Gasteiger partial charge in [-0.15, -0.1) is 11.3 Å². The van der Waals surface area contributed by atoms with Crippen LogP contribution in [0.5, 0.6) is 0 Å². The summed E-state index contributed by atoms with van der Waals surface area (Å²) in [7, 11) is 0. The van der Waals surface area contributed by atoms with E-state index in [9.17, 15) is 14.7 Å². The van der Waals surface area contributed by atoms with E-state index in [0.717, 1.165) is 10.6 Å². The van der Waals surface area contributed by atoms with E-state index >= 15 is 0 Å². The summed E-state index contributed by atoms with van der Waals surface area (Å²) in [5.41, 5.74) is 1.49. The summed E-state index contributed by atoms with van der Waals surface area (Å²) in [6.07, 6.45) is 0.249. The zero-order chi connectivity index (χ0) is 15.4. The first-order chi connectivity index (χ1) is 9.97. The van der Waals surface area contributed by atoms with Crippen molar-refractivity contribution in [1.29, 1.82) is 0 Å². The molecule has 0 bridgehead atoms. The number of amides is 1. The van der Waals surface area contributed by atoms with Gasteiger partial charge in [0.25, 0.3) is 5.91 Å². The maximum Gasteiger partial charge on any atom is 0.326 e. The van der Waals surface area contributed by atoms with Crippen LogP contribution < -0.4 is 5.32 Å². The minimum Gasteiger partial charge on any atom is -0.480 e. The van der Waals surface area contributed by atoms with Crippen molar-refractivity contribution in [2.45, 2.75) is 26.3 Å². The minimum absolute atomic E-state index is 0.249. The molecule has 1 heterocycles. The molecule has 1 amide bonds. The Hall–Kier alpha value is -2.21. The Morgan fingerprint density at radius 1 is 1.29 bits per heavy atom. The van der Waals surface area contributed by atoms with Crippen LogP contribution in [0.1, 0.15) is 25.9 Å². The number of aliphatic carboxylic acids is 1. The number of nitrogens with zero attached hydrogens (tertiary/aromatic N) is 1. The fraction of sp³-hybridized carbons (Fsp3) is 0.267. The summed E-state index contributed by atoms with van der Waals surface area (Å²) < 4.78 is 0. The summed E-state index contributed by atoms with van der Waals surface area (Å²) in [5, 5.41) is 12.6. The van der Waals surface area contributed by atoms with Crippen LogP contribution in [-0.2, 0) is 11.2 Å². The van der Waals surface area contributed by atoms with Gasteiger partial charge in [0.15, 0.2) is 0 Å². The molecule has 2 N–H and O–H groups in total. The largest absolute Gasteiger partial charge is 0.480 e. The number of hydrogen-bond donors (Lipinski definition) is 2. The molecule has 110 valence electrons. The molecule has 0 saturated heterocycles. The van der Waals surface area contributed by atoms with Crippen LogP contribution >= 0.6 is 11.3 Å². The number of nitrogens with one attached hydrogen (secondary N) is 1. The molecule has 2 aromatic rings. The van der Waals surface area contributed by atoms with E-state index in [1.807, 2.05) is 37.3 Å². The zero-order valence-electron chi connectivity index (χ0n) is 11.8. The Labute approximate surface area is 126 Å². The van der Waals surface area contributed by atoms with Crippen LogP contribution in [0.4, 0.5) is 0 Å². The average Bonchev–Trinajstić information content (AvgIpc) is 2.78. The van der Waals surface area contributed by atoms with Crippen molar-refractivity contribution in [3.63, 3.8) is 0 Å². The van der Waals surface area contributed by atoms with Gasteiger partial charge in [-0.3, -0.25) is 4.79 Å². The lowest BCUT2D eigenvalue weighted by atomic mass is 10.1. The summed E-state index contributed by atoms with van der Waals surface area (Å²) >= 11 is 1.27. The summed E-state index contributed by atoms with van der Waals surface area (Å²) in [4.78, 5) is 28.2. The van der Waals surface area contributed by atoms with E-state index < -0.39 is 12.0 Å². The number of benzene rings is 1. The first-order valence-electron chi connectivity index (χ1n) is 6.49. The molecule has 0 spiro atoms. The Bertz CT molecular complexity index is 652. The number of aryl methyl sites for hydroxylation is 2. The number of hydrogen-bond acceptors (Lipinski definition) is 4. The van der Waals surface area contributed by atoms with Crippen LogP contribution in [-0.4, -0.2) is 28.0 Å². The van der Waals surface area contributed by atoms with Gasteiger partial charge in [-0.1, -0.05) is 30.3 Å². The lowest BCUT2D eigenvalue weighted by Crippen LogP contribution is -2.42. The van der Waals surface area contributed by atoms with Crippen LogP contribution in [0.15, 0.2) is 30.3 Å². The van der Waals surface area contributed by atoms with Crippen LogP contribution in [0.2, 0.25) is 0 Å². The lowest BCUT2D eigenvalue weighted by molar-refractivity contribution is -0.139. The van der Waals surface area contributed by atoms with E-state index in [-0.39, 0.29) is 12.3 Å². The van der Waals surface area contributed by atoms with Gasteiger partial charge >= 0.3 is 5.97 Å². The second-order valence-electron chi connectivity index (χ2n) is 4.70. The number of carbonyl (C=O) groups excluding carboxylic acids is 1. The zero-order valence-corrected chi connectivity index (χ0v) is 12.6. The highest BCUT2D eigenvalue weighted by atomic mass is 32.1. The molecule has 0 aliphatic carbocycles. The quantitative estimate of drug-likeness (QED) is 0.887. The Balaban J connectivity index is 2.11. The fourth-order valence-electron chi connectivity index (χ4n) is 2.02. The van der Waals surface area contributed by atoms with E-state index in [2.05, 4.69) is 10.3 Å². The van der Waals surface area contributed by atoms with Gasteiger partial charge in [0.2, 0.25) is 0 Å². The molecule has 0 unspecified atom stereocenters. The molecule has 0 aliphatic heterocycles. The normalized spacial score (nSPS) is 11.9. The molecule has 0 aliphatic rings. The highest BCUT2D eigenvalue weighted by molar-refractivity contribution is 7.13. The summed E-state index contributed by atoms with van der Waals surface area (Å²) in [5.74, 6) is -1.44. The number of carbonyl (C=O) groups is 2. The molecule has 5 nitrogen and oxygen atoms in total. The SMILES string of the molecule is Cc1nc(C)c(C(=O)N[C@@H](Cc2ccccc2)C(=O)O)s1. The van der Waals surface area contributed by atoms with Crippen LogP contribution in [0.3, 0.4) is 0 Å². The number of rotatable bonds is 5. The van der Waals surface area contributed by atoms with Crippen molar-refractivity contribution in [2.75, 3.05) is 0 Å². The molecule has 6 heteroatoms. The van der Waals surface area contributed by atoms with Crippen molar-refractivity contribution < 1.29 is 14.7 Å². The van der Waals surface area contributed by atoms with Crippen LogP contribution in [0.25, 0.3) is 0 Å².